The highest BCUT2D eigenvalue weighted by Crippen LogP contribution is 2.24. The van der Waals surface area contributed by atoms with Gasteiger partial charge in [-0.1, -0.05) is 0 Å². The van der Waals surface area contributed by atoms with Crippen LogP contribution in [-0.2, 0) is 0 Å². The van der Waals surface area contributed by atoms with Crippen molar-refractivity contribution in [2.24, 2.45) is 5.73 Å². The van der Waals surface area contributed by atoms with E-state index in [1.54, 1.807) is 0 Å². The van der Waals surface area contributed by atoms with E-state index in [4.69, 9.17) is 10.5 Å². The molecule has 0 bridgehead atoms. The summed E-state index contributed by atoms with van der Waals surface area (Å²) < 4.78 is 31.2. The van der Waals surface area contributed by atoms with Crippen LogP contribution in [0.25, 0.3) is 0 Å². The van der Waals surface area contributed by atoms with Gasteiger partial charge in [0.05, 0.1) is 0 Å². The van der Waals surface area contributed by atoms with Crippen LogP contribution in [0.1, 0.15) is 11.7 Å². The predicted molar refractivity (Wildman–Crippen MR) is 63.1 cm³/mol. The zero-order valence-electron chi connectivity index (χ0n) is 8.90. The molecule has 1 atom stereocenters. The fraction of sp³-hybridized carbons (Fsp3) is 0.167. The maximum absolute atomic E-state index is 13.0. The second-order valence-corrected chi connectivity index (χ2v) is 4.25. The van der Waals surface area contributed by atoms with Crippen molar-refractivity contribution in [2.75, 3.05) is 6.54 Å². The van der Waals surface area contributed by atoms with Crippen LogP contribution in [-0.4, -0.2) is 6.54 Å². The molecule has 1 unspecified atom stereocenters. The Hall–Kier alpha value is -1.46. The van der Waals surface area contributed by atoms with Gasteiger partial charge < -0.3 is 10.5 Å². The lowest BCUT2D eigenvalue weighted by molar-refractivity contribution is 0.213. The molecule has 2 rings (SSSR count). The largest absolute Gasteiger partial charge is 0.484 e. The first-order valence-electron chi connectivity index (χ1n) is 5.04. The second-order valence-electron chi connectivity index (χ2n) is 3.47. The molecule has 17 heavy (non-hydrogen) atoms. The SMILES string of the molecule is NCC(Oc1ccc(F)c(F)c1)c1ccsc1. The Morgan fingerprint density at radius 1 is 1.24 bits per heavy atom. The first-order chi connectivity index (χ1) is 8.20. The van der Waals surface area contributed by atoms with Gasteiger partial charge in [-0.2, -0.15) is 11.3 Å². The summed E-state index contributed by atoms with van der Waals surface area (Å²) in [6, 6.07) is 5.33. The fourth-order valence-electron chi connectivity index (χ4n) is 1.42. The van der Waals surface area contributed by atoms with Crippen LogP contribution in [0.3, 0.4) is 0 Å². The van der Waals surface area contributed by atoms with Gasteiger partial charge in [-0.3, -0.25) is 0 Å². The zero-order valence-corrected chi connectivity index (χ0v) is 9.71. The summed E-state index contributed by atoms with van der Waals surface area (Å²) in [5.41, 5.74) is 6.52. The molecule has 2 N–H and O–H groups in total. The molecule has 2 aromatic rings. The lowest BCUT2D eigenvalue weighted by Crippen LogP contribution is -2.17. The van der Waals surface area contributed by atoms with Gasteiger partial charge in [0.2, 0.25) is 0 Å². The number of thiophene rings is 1. The quantitative estimate of drug-likeness (QED) is 0.911. The van der Waals surface area contributed by atoms with Crippen LogP contribution in [0.15, 0.2) is 35.0 Å². The smallest absolute Gasteiger partial charge is 0.162 e. The molecule has 0 aliphatic carbocycles. The molecular weight excluding hydrogens is 244 g/mol. The molecule has 0 saturated carbocycles. The Kier molecular flexibility index (Phi) is 3.71. The number of nitrogens with two attached hydrogens (primary N) is 1. The Bertz CT molecular complexity index is 487. The number of hydrogen-bond donors (Lipinski definition) is 1. The van der Waals surface area contributed by atoms with Crippen molar-refractivity contribution in [1.29, 1.82) is 0 Å². The van der Waals surface area contributed by atoms with Gasteiger partial charge in [-0.25, -0.2) is 8.78 Å². The maximum atomic E-state index is 13.0. The molecule has 1 heterocycles. The Balaban J connectivity index is 2.16. The van der Waals surface area contributed by atoms with Crippen LogP contribution >= 0.6 is 11.3 Å². The summed E-state index contributed by atoms with van der Waals surface area (Å²) in [6.07, 6.45) is -0.342. The van der Waals surface area contributed by atoms with E-state index in [0.717, 1.165) is 17.7 Å². The Labute approximate surface area is 102 Å². The number of rotatable bonds is 4. The third-order valence-electron chi connectivity index (χ3n) is 2.30. The van der Waals surface area contributed by atoms with Crippen molar-refractivity contribution < 1.29 is 13.5 Å². The molecule has 2 nitrogen and oxygen atoms in total. The molecule has 0 aliphatic heterocycles. The van der Waals surface area contributed by atoms with Crippen molar-refractivity contribution >= 4 is 11.3 Å². The van der Waals surface area contributed by atoms with Gasteiger partial charge >= 0.3 is 0 Å². The predicted octanol–water partition coefficient (Wildman–Crippen LogP) is 3.11. The molecule has 5 heteroatoms. The van der Waals surface area contributed by atoms with Crippen molar-refractivity contribution in [3.63, 3.8) is 0 Å². The summed E-state index contributed by atoms with van der Waals surface area (Å²) in [6.45, 7) is 0.274. The van der Waals surface area contributed by atoms with Gasteiger partial charge in [-0.05, 0) is 29.0 Å². The number of hydrogen-bond acceptors (Lipinski definition) is 3. The highest BCUT2D eigenvalue weighted by molar-refractivity contribution is 7.07. The highest BCUT2D eigenvalue weighted by Gasteiger charge is 2.13. The molecule has 90 valence electrons. The van der Waals surface area contributed by atoms with E-state index in [9.17, 15) is 8.78 Å². The van der Waals surface area contributed by atoms with E-state index in [2.05, 4.69) is 0 Å². The minimum Gasteiger partial charge on any atom is -0.484 e. The van der Waals surface area contributed by atoms with Crippen LogP contribution < -0.4 is 10.5 Å². The molecule has 0 aliphatic rings. The third kappa shape index (κ3) is 2.81. The van der Waals surface area contributed by atoms with Crippen LogP contribution in [0.4, 0.5) is 8.78 Å². The molecule has 1 aromatic carbocycles. The third-order valence-corrected chi connectivity index (χ3v) is 3.00. The topological polar surface area (TPSA) is 35.2 Å². The number of ether oxygens (including phenoxy) is 1. The van der Waals surface area contributed by atoms with E-state index in [1.807, 2.05) is 16.8 Å². The van der Waals surface area contributed by atoms with Gasteiger partial charge in [-0.15, -0.1) is 0 Å². The summed E-state index contributed by atoms with van der Waals surface area (Å²) in [5.74, 6) is -1.55. The van der Waals surface area contributed by atoms with Crippen molar-refractivity contribution in [3.05, 3.63) is 52.2 Å². The van der Waals surface area contributed by atoms with Crippen molar-refractivity contribution in [1.82, 2.24) is 0 Å². The molecule has 0 saturated heterocycles. The van der Waals surface area contributed by atoms with E-state index >= 15 is 0 Å². The number of halogens is 2. The monoisotopic (exact) mass is 255 g/mol. The number of benzene rings is 1. The van der Waals surface area contributed by atoms with Gasteiger partial charge in [0.25, 0.3) is 0 Å². The fourth-order valence-corrected chi connectivity index (χ4v) is 2.13. The second kappa shape index (κ2) is 5.25. The van der Waals surface area contributed by atoms with E-state index < -0.39 is 11.6 Å². The van der Waals surface area contributed by atoms with E-state index in [0.29, 0.717) is 0 Å². The molecule has 0 amide bonds. The minimum atomic E-state index is -0.927. The molecule has 0 spiro atoms. The maximum Gasteiger partial charge on any atom is 0.162 e. The first-order valence-corrected chi connectivity index (χ1v) is 5.99. The van der Waals surface area contributed by atoms with Gasteiger partial charge in [0.1, 0.15) is 11.9 Å². The highest BCUT2D eigenvalue weighted by atomic mass is 32.1. The summed E-state index contributed by atoms with van der Waals surface area (Å²) in [4.78, 5) is 0. The van der Waals surface area contributed by atoms with E-state index in [-0.39, 0.29) is 18.4 Å². The summed E-state index contributed by atoms with van der Waals surface area (Å²) >= 11 is 1.53. The van der Waals surface area contributed by atoms with E-state index in [1.165, 1.54) is 17.4 Å². The average molecular weight is 255 g/mol. The average Bonchev–Trinajstić information content (AvgIpc) is 2.84. The van der Waals surface area contributed by atoms with Crippen molar-refractivity contribution in [2.45, 2.75) is 6.10 Å². The summed E-state index contributed by atoms with van der Waals surface area (Å²) in [5, 5.41) is 3.82. The van der Waals surface area contributed by atoms with Crippen LogP contribution in [0.2, 0.25) is 0 Å². The lowest BCUT2D eigenvalue weighted by atomic mass is 10.2. The minimum absolute atomic E-state index is 0.269. The lowest BCUT2D eigenvalue weighted by Gasteiger charge is -2.16. The molecule has 0 fully saturated rings. The molecule has 1 aromatic heterocycles. The normalized spacial score (nSPS) is 12.4. The van der Waals surface area contributed by atoms with Gasteiger partial charge in [0.15, 0.2) is 11.6 Å². The Morgan fingerprint density at radius 3 is 2.65 bits per heavy atom. The molecular formula is C12H11F2NOS. The Morgan fingerprint density at radius 2 is 2.06 bits per heavy atom. The first kappa shape index (κ1) is 12.0. The van der Waals surface area contributed by atoms with Crippen LogP contribution in [0.5, 0.6) is 5.75 Å². The van der Waals surface area contributed by atoms with Crippen LogP contribution in [0, 0.1) is 11.6 Å². The molecule has 0 radical (unpaired) electrons. The summed E-state index contributed by atoms with van der Waals surface area (Å²) in [7, 11) is 0. The standard InChI is InChI=1S/C12H11F2NOS/c13-10-2-1-9(5-11(10)14)16-12(6-15)8-3-4-17-7-8/h1-5,7,12H,6,15H2. The van der Waals surface area contributed by atoms with Crippen molar-refractivity contribution in [3.8, 4) is 5.75 Å². The zero-order chi connectivity index (χ0) is 12.3. The van der Waals surface area contributed by atoms with Gasteiger partial charge in [0, 0.05) is 18.2 Å².